The molecular formula is C21H25FN4O3S. The van der Waals surface area contributed by atoms with Crippen molar-refractivity contribution in [2.75, 3.05) is 18.5 Å². The number of rotatable bonds is 8. The number of amides is 1. The third kappa shape index (κ3) is 4.92. The molecule has 9 heteroatoms. The summed E-state index contributed by atoms with van der Waals surface area (Å²) in [5.41, 5.74) is 0.484. The molecule has 0 saturated carbocycles. The van der Waals surface area contributed by atoms with Gasteiger partial charge in [0, 0.05) is 17.8 Å². The van der Waals surface area contributed by atoms with Crippen LogP contribution in [-0.2, 0) is 0 Å². The van der Waals surface area contributed by atoms with Crippen molar-refractivity contribution in [2.45, 2.75) is 38.6 Å². The zero-order valence-electron chi connectivity index (χ0n) is 17.0. The molecule has 7 nitrogen and oxygen atoms in total. The van der Waals surface area contributed by atoms with E-state index in [1.54, 1.807) is 6.92 Å². The van der Waals surface area contributed by atoms with Gasteiger partial charge in [0.25, 0.3) is 5.91 Å². The topological polar surface area (TPSA) is 107 Å². The maximum atomic E-state index is 14.1. The Morgan fingerprint density at radius 2 is 2.00 bits per heavy atom. The van der Waals surface area contributed by atoms with Gasteiger partial charge in [0.05, 0.1) is 30.0 Å². The molecule has 30 heavy (non-hydrogen) atoms. The number of hydrogen-bond acceptors (Lipinski definition) is 7. The predicted molar refractivity (Wildman–Crippen MR) is 117 cm³/mol. The standard InChI is InChI=1S/C21H25FN4O3S/c1-12(11-27)25-16-14(18(28)23-10-15(22)21(2,3)29)9-24-20-17(16)26-19(30-20)13-7-5-4-6-8-13/h4-9,12,15,27,29H,10-11H2,1-3H3,(H,23,28)(H,24,25)/t12-,15-/m1/s1. The number of hydrogen-bond donors (Lipinski definition) is 4. The van der Waals surface area contributed by atoms with Crippen LogP contribution in [0.15, 0.2) is 36.5 Å². The quantitative estimate of drug-likeness (QED) is 0.436. The van der Waals surface area contributed by atoms with Crippen LogP contribution in [0.2, 0.25) is 0 Å². The lowest BCUT2D eigenvalue weighted by atomic mass is 10.0. The molecule has 2 atom stereocenters. The maximum Gasteiger partial charge on any atom is 0.255 e. The molecule has 3 aromatic rings. The summed E-state index contributed by atoms with van der Waals surface area (Å²) in [6.45, 7) is 3.96. The number of nitrogens with one attached hydrogen (secondary N) is 2. The van der Waals surface area contributed by atoms with E-state index in [0.29, 0.717) is 16.0 Å². The summed E-state index contributed by atoms with van der Waals surface area (Å²) < 4.78 is 14.1. The minimum atomic E-state index is -1.63. The van der Waals surface area contributed by atoms with Crippen molar-refractivity contribution < 1.29 is 19.4 Å². The van der Waals surface area contributed by atoms with E-state index < -0.39 is 17.7 Å². The lowest BCUT2D eigenvalue weighted by Gasteiger charge is -2.23. The van der Waals surface area contributed by atoms with Gasteiger partial charge in [-0.25, -0.2) is 14.4 Å². The van der Waals surface area contributed by atoms with Gasteiger partial charge in [-0.1, -0.05) is 41.7 Å². The fraction of sp³-hybridized carbons (Fsp3) is 0.381. The fourth-order valence-corrected chi connectivity index (χ4v) is 3.64. The van der Waals surface area contributed by atoms with E-state index >= 15 is 0 Å². The van der Waals surface area contributed by atoms with E-state index in [-0.39, 0.29) is 24.8 Å². The van der Waals surface area contributed by atoms with E-state index in [4.69, 9.17) is 0 Å². The SMILES string of the molecule is C[C@H](CO)Nc1c(C(=O)NC[C@@H](F)C(C)(C)O)cnc2sc(-c3ccccc3)nc12. The number of aliphatic hydroxyl groups is 2. The van der Waals surface area contributed by atoms with Crippen molar-refractivity contribution in [3.63, 3.8) is 0 Å². The molecule has 0 aliphatic heterocycles. The molecule has 2 heterocycles. The minimum absolute atomic E-state index is 0.147. The largest absolute Gasteiger partial charge is 0.394 e. The highest BCUT2D eigenvalue weighted by Gasteiger charge is 2.28. The van der Waals surface area contributed by atoms with Gasteiger partial charge < -0.3 is 20.8 Å². The highest BCUT2D eigenvalue weighted by Crippen LogP contribution is 2.34. The molecule has 0 aliphatic carbocycles. The number of thiazole rings is 1. The van der Waals surface area contributed by atoms with Gasteiger partial charge in [-0.15, -0.1) is 0 Å². The molecular weight excluding hydrogens is 407 g/mol. The molecule has 1 amide bonds. The first kappa shape index (κ1) is 22.1. The van der Waals surface area contributed by atoms with Gasteiger partial charge >= 0.3 is 0 Å². The second kappa shape index (κ2) is 9.03. The summed E-state index contributed by atoms with van der Waals surface area (Å²) in [5, 5.41) is 25.6. The van der Waals surface area contributed by atoms with Crippen LogP contribution in [0.25, 0.3) is 20.9 Å². The number of carbonyl (C=O) groups is 1. The molecule has 0 saturated heterocycles. The Morgan fingerprint density at radius 3 is 2.63 bits per heavy atom. The number of aliphatic hydroxyl groups excluding tert-OH is 1. The number of aromatic nitrogens is 2. The average Bonchev–Trinajstić information content (AvgIpc) is 3.16. The first-order chi connectivity index (χ1) is 14.2. The Balaban J connectivity index is 1.98. The van der Waals surface area contributed by atoms with E-state index in [9.17, 15) is 19.4 Å². The molecule has 0 bridgehead atoms. The zero-order chi connectivity index (χ0) is 21.9. The van der Waals surface area contributed by atoms with Crippen molar-refractivity contribution in [1.82, 2.24) is 15.3 Å². The highest BCUT2D eigenvalue weighted by atomic mass is 32.1. The number of alkyl halides is 1. The van der Waals surface area contributed by atoms with Crippen LogP contribution in [0.5, 0.6) is 0 Å². The normalized spacial score (nSPS) is 13.8. The summed E-state index contributed by atoms with van der Waals surface area (Å²) in [4.78, 5) is 22.4. The Hall–Kier alpha value is -2.62. The zero-order valence-corrected chi connectivity index (χ0v) is 17.8. The molecule has 160 valence electrons. The first-order valence-corrected chi connectivity index (χ1v) is 10.4. The van der Waals surface area contributed by atoms with Crippen LogP contribution in [0.3, 0.4) is 0 Å². The monoisotopic (exact) mass is 432 g/mol. The van der Waals surface area contributed by atoms with Gasteiger partial charge in [0.1, 0.15) is 21.5 Å². The Bertz CT molecular complexity index is 1020. The van der Waals surface area contributed by atoms with Crippen molar-refractivity contribution in [1.29, 1.82) is 0 Å². The molecule has 1 aromatic carbocycles. The summed E-state index contributed by atoms with van der Waals surface area (Å²) in [6.07, 6.45) is -0.219. The fourth-order valence-electron chi connectivity index (χ4n) is 2.72. The average molecular weight is 433 g/mol. The second-order valence-corrected chi connectivity index (χ2v) is 8.62. The summed E-state index contributed by atoms with van der Waals surface area (Å²) in [7, 11) is 0. The Kier molecular flexibility index (Phi) is 6.64. The number of pyridine rings is 1. The van der Waals surface area contributed by atoms with E-state index in [1.165, 1.54) is 31.4 Å². The molecule has 0 aliphatic rings. The summed E-state index contributed by atoms with van der Waals surface area (Å²) in [6, 6.07) is 9.28. The first-order valence-electron chi connectivity index (χ1n) is 9.57. The Labute approximate surface area is 178 Å². The predicted octanol–water partition coefficient (Wildman–Crippen LogP) is 2.99. The number of benzene rings is 1. The summed E-state index contributed by atoms with van der Waals surface area (Å²) >= 11 is 1.39. The molecule has 0 radical (unpaired) electrons. The lowest BCUT2D eigenvalue weighted by molar-refractivity contribution is -0.00177. The molecule has 0 fully saturated rings. The number of anilines is 1. The number of carbonyl (C=O) groups excluding carboxylic acids is 1. The maximum absolute atomic E-state index is 14.1. The van der Waals surface area contributed by atoms with E-state index in [0.717, 1.165) is 10.6 Å². The van der Waals surface area contributed by atoms with Crippen LogP contribution >= 0.6 is 11.3 Å². The molecule has 0 spiro atoms. The van der Waals surface area contributed by atoms with E-state index in [2.05, 4.69) is 20.6 Å². The third-order valence-electron chi connectivity index (χ3n) is 4.56. The van der Waals surface area contributed by atoms with Gasteiger partial charge in [0.15, 0.2) is 0 Å². The third-order valence-corrected chi connectivity index (χ3v) is 5.58. The molecule has 0 unspecified atom stereocenters. The second-order valence-electron chi connectivity index (χ2n) is 7.64. The van der Waals surface area contributed by atoms with E-state index in [1.807, 2.05) is 30.3 Å². The van der Waals surface area contributed by atoms with Crippen LogP contribution < -0.4 is 10.6 Å². The van der Waals surface area contributed by atoms with Crippen LogP contribution in [0.1, 0.15) is 31.1 Å². The smallest absolute Gasteiger partial charge is 0.255 e. The van der Waals surface area contributed by atoms with Crippen molar-refractivity contribution in [3.05, 3.63) is 42.1 Å². The summed E-state index contributed by atoms with van der Waals surface area (Å²) in [5.74, 6) is -0.543. The lowest BCUT2D eigenvalue weighted by Crippen LogP contribution is -2.42. The molecule has 3 rings (SSSR count). The Morgan fingerprint density at radius 1 is 1.30 bits per heavy atom. The number of halogens is 1. The van der Waals surface area contributed by atoms with Crippen molar-refractivity contribution >= 4 is 33.3 Å². The number of fused-ring (bicyclic) bond motifs is 1. The molecule has 4 N–H and O–H groups in total. The van der Waals surface area contributed by atoms with Gasteiger partial charge in [-0.05, 0) is 20.8 Å². The van der Waals surface area contributed by atoms with Gasteiger partial charge in [0.2, 0.25) is 0 Å². The molecule has 2 aromatic heterocycles. The van der Waals surface area contributed by atoms with Crippen LogP contribution in [0.4, 0.5) is 10.1 Å². The highest BCUT2D eigenvalue weighted by molar-refractivity contribution is 7.21. The van der Waals surface area contributed by atoms with Gasteiger partial charge in [-0.2, -0.15) is 0 Å². The van der Waals surface area contributed by atoms with Crippen molar-refractivity contribution in [2.24, 2.45) is 0 Å². The van der Waals surface area contributed by atoms with Crippen molar-refractivity contribution in [3.8, 4) is 10.6 Å². The van der Waals surface area contributed by atoms with Gasteiger partial charge in [-0.3, -0.25) is 4.79 Å². The van der Waals surface area contributed by atoms with Crippen LogP contribution in [0, 0.1) is 0 Å². The van der Waals surface area contributed by atoms with Crippen LogP contribution in [-0.4, -0.2) is 57.1 Å². The number of nitrogens with zero attached hydrogens (tertiary/aromatic N) is 2. The minimum Gasteiger partial charge on any atom is -0.394 e.